The summed E-state index contributed by atoms with van der Waals surface area (Å²) in [4.78, 5) is 42.5. The highest BCUT2D eigenvalue weighted by molar-refractivity contribution is 6.32. The van der Waals surface area contributed by atoms with E-state index in [1.807, 2.05) is 24.3 Å². The number of pyridine rings is 1. The molecular weight excluding hydrogens is 356 g/mol. The molecule has 4 amide bonds. The lowest BCUT2D eigenvalue weighted by Crippen LogP contribution is -2.43. The van der Waals surface area contributed by atoms with Gasteiger partial charge in [0, 0.05) is 6.20 Å². The monoisotopic (exact) mass is 370 g/mol. The zero-order valence-corrected chi connectivity index (χ0v) is 14.4. The maximum absolute atomic E-state index is 13.0. The standard InChI is InChI=1S/C18H15ClN4O3/c19-15-13(6-3-9-20-15)21-14(24)10-23-16(25)18(22-17(23)26)8-7-11-4-1-2-5-12(11)18/h1-6,9H,7-8,10H2,(H,21,24)(H,22,26)/t18-/m1/s1. The van der Waals surface area contributed by atoms with Crippen LogP contribution in [0.15, 0.2) is 42.6 Å². The largest absolute Gasteiger partial charge is 0.325 e. The van der Waals surface area contributed by atoms with Crippen LogP contribution in [0, 0.1) is 0 Å². The van der Waals surface area contributed by atoms with E-state index in [9.17, 15) is 14.4 Å². The first-order valence-corrected chi connectivity index (χ1v) is 8.52. The number of aromatic nitrogens is 1. The molecule has 2 aromatic rings. The van der Waals surface area contributed by atoms with Crippen LogP contribution >= 0.6 is 11.6 Å². The number of nitrogens with zero attached hydrogens (tertiary/aromatic N) is 2. The second kappa shape index (κ2) is 6.10. The molecule has 1 saturated heterocycles. The average Bonchev–Trinajstić information content (AvgIpc) is 3.11. The van der Waals surface area contributed by atoms with E-state index in [0.29, 0.717) is 18.5 Å². The molecule has 132 valence electrons. The Kier molecular flexibility index (Phi) is 3.88. The third kappa shape index (κ3) is 2.52. The van der Waals surface area contributed by atoms with Gasteiger partial charge in [-0.05, 0) is 36.1 Å². The smallest absolute Gasteiger partial charge is 0.322 e. The van der Waals surface area contributed by atoms with Crippen LogP contribution in [0.3, 0.4) is 0 Å². The molecule has 8 heteroatoms. The number of amides is 4. The van der Waals surface area contributed by atoms with Gasteiger partial charge in [-0.1, -0.05) is 35.9 Å². The molecule has 0 bridgehead atoms. The molecule has 1 aromatic heterocycles. The molecule has 26 heavy (non-hydrogen) atoms. The van der Waals surface area contributed by atoms with Gasteiger partial charge < -0.3 is 10.6 Å². The van der Waals surface area contributed by atoms with Gasteiger partial charge >= 0.3 is 6.03 Å². The molecule has 1 aliphatic carbocycles. The molecule has 7 nitrogen and oxygen atoms in total. The van der Waals surface area contributed by atoms with Crippen LogP contribution in [0.25, 0.3) is 0 Å². The fraction of sp³-hybridized carbons (Fsp3) is 0.222. The Labute approximate surface area is 154 Å². The van der Waals surface area contributed by atoms with Crippen LogP contribution in [-0.2, 0) is 21.5 Å². The third-order valence-electron chi connectivity index (χ3n) is 4.76. The molecule has 2 N–H and O–H groups in total. The van der Waals surface area contributed by atoms with Crippen molar-refractivity contribution in [3.63, 3.8) is 0 Å². The van der Waals surface area contributed by atoms with Crippen molar-refractivity contribution in [3.05, 3.63) is 58.9 Å². The molecular formula is C18H15ClN4O3. The van der Waals surface area contributed by atoms with Crippen molar-refractivity contribution >= 4 is 35.1 Å². The fourth-order valence-electron chi connectivity index (χ4n) is 3.55. The number of hydrogen-bond acceptors (Lipinski definition) is 4. The van der Waals surface area contributed by atoms with Gasteiger partial charge in [0.15, 0.2) is 5.15 Å². The third-order valence-corrected chi connectivity index (χ3v) is 5.06. The summed E-state index contributed by atoms with van der Waals surface area (Å²) in [7, 11) is 0. The fourth-order valence-corrected chi connectivity index (χ4v) is 3.71. The first kappa shape index (κ1) is 16.5. The zero-order chi connectivity index (χ0) is 18.3. The number of benzene rings is 1. The summed E-state index contributed by atoms with van der Waals surface area (Å²) in [5.74, 6) is -0.924. The number of rotatable bonds is 3. The number of nitrogens with one attached hydrogen (secondary N) is 2. The Morgan fingerprint density at radius 1 is 1.27 bits per heavy atom. The molecule has 0 radical (unpaired) electrons. The molecule has 4 rings (SSSR count). The Hall–Kier alpha value is -2.93. The van der Waals surface area contributed by atoms with Crippen LogP contribution in [0.5, 0.6) is 0 Å². The molecule has 1 atom stereocenters. The van der Waals surface area contributed by atoms with E-state index in [-0.39, 0.29) is 11.7 Å². The Morgan fingerprint density at radius 3 is 2.88 bits per heavy atom. The molecule has 2 aliphatic rings. The molecule has 1 aromatic carbocycles. The van der Waals surface area contributed by atoms with Gasteiger partial charge in [0.05, 0.1) is 5.69 Å². The van der Waals surface area contributed by atoms with Crippen molar-refractivity contribution in [1.29, 1.82) is 0 Å². The summed E-state index contributed by atoms with van der Waals surface area (Å²) in [5, 5.41) is 5.49. The Morgan fingerprint density at radius 2 is 2.08 bits per heavy atom. The Balaban J connectivity index is 1.54. The van der Waals surface area contributed by atoms with E-state index in [1.165, 1.54) is 6.20 Å². The summed E-state index contributed by atoms with van der Waals surface area (Å²) in [5.41, 5.74) is 1.10. The molecule has 0 saturated carbocycles. The maximum atomic E-state index is 13.0. The van der Waals surface area contributed by atoms with Gasteiger partial charge in [0.1, 0.15) is 12.1 Å². The van der Waals surface area contributed by atoms with Gasteiger partial charge in [-0.15, -0.1) is 0 Å². The second-order valence-electron chi connectivity index (χ2n) is 6.27. The minimum absolute atomic E-state index is 0.138. The highest BCUT2D eigenvalue weighted by Crippen LogP contribution is 2.41. The van der Waals surface area contributed by atoms with Crippen LogP contribution in [0.4, 0.5) is 10.5 Å². The number of aryl methyl sites for hydroxylation is 1. The maximum Gasteiger partial charge on any atom is 0.325 e. The Bertz CT molecular complexity index is 932. The first-order chi connectivity index (χ1) is 12.5. The predicted octanol–water partition coefficient (Wildman–Crippen LogP) is 2.07. The molecule has 1 aliphatic heterocycles. The van der Waals surface area contributed by atoms with Crippen LogP contribution in [0.2, 0.25) is 5.15 Å². The average molecular weight is 371 g/mol. The van der Waals surface area contributed by atoms with Gasteiger partial charge in [-0.25, -0.2) is 9.78 Å². The van der Waals surface area contributed by atoms with Crippen molar-refractivity contribution in [2.75, 3.05) is 11.9 Å². The van der Waals surface area contributed by atoms with Crippen LogP contribution in [-0.4, -0.2) is 34.3 Å². The number of urea groups is 1. The SMILES string of the molecule is O=C(CN1C(=O)N[C@@]2(CCc3ccccc32)C1=O)Nc1cccnc1Cl. The number of fused-ring (bicyclic) bond motifs is 2. The number of imide groups is 1. The second-order valence-corrected chi connectivity index (χ2v) is 6.63. The van der Waals surface area contributed by atoms with Gasteiger partial charge in [0.2, 0.25) is 5.91 Å². The van der Waals surface area contributed by atoms with Gasteiger partial charge in [-0.3, -0.25) is 14.5 Å². The lowest BCUT2D eigenvalue weighted by atomic mass is 9.92. The number of halogens is 1. The zero-order valence-electron chi connectivity index (χ0n) is 13.7. The topological polar surface area (TPSA) is 91.4 Å². The lowest BCUT2D eigenvalue weighted by molar-refractivity contribution is -0.134. The van der Waals surface area contributed by atoms with Crippen LogP contribution < -0.4 is 10.6 Å². The van der Waals surface area contributed by atoms with E-state index < -0.39 is 23.4 Å². The van der Waals surface area contributed by atoms with Crippen molar-refractivity contribution in [1.82, 2.24) is 15.2 Å². The molecule has 0 unspecified atom stereocenters. The summed E-state index contributed by atoms with van der Waals surface area (Å²) >= 11 is 5.91. The summed E-state index contributed by atoms with van der Waals surface area (Å²) < 4.78 is 0. The molecule has 2 heterocycles. The molecule has 1 spiro atoms. The van der Waals surface area contributed by atoms with Crippen molar-refractivity contribution in [2.24, 2.45) is 0 Å². The number of anilines is 1. The van der Waals surface area contributed by atoms with Crippen molar-refractivity contribution in [3.8, 4) is 0 Å². The van der Waals surface area contributed by atoms with Gasteiger partial charge in [0.25, 0.3) is 5.91 Å². The lowest BCUT2D eigenvalue weighted by Gasteiger charge is -2.22. The minimum atomic E-state index is -1.07. The van der Waals surface area contributed by atoms with E-state index in [2.05, 4.69) is 15.6 Å². The summed E-state index contributed by atoms with van der Waals surface area (Å²) in [6, 6.07) is 10.2. The van der Waals surface area contributed by atoms with E-state index >= 15 is 0 Å². The van der Waals surface area contributed by atoms with E-state index in [1.54, 1.807) is 12.1 Å². The van der Waals surface area contributed by atoms with E-state index in [4.69, 9.17) is 11.6 Å². The first-order valence-electron chi connectivity index (χ1n) is 8.14. The van der Waals surface area contributed by atoms with Gasteiger partial charge in [-0.2, -0.15) is 0 Å². The normalized spacial score (nSPS) is 21.0. The minimum Gasteiger partial charge on any atom is -0.322 e. The van der Waals surface area contributed by atoms with Crippen molar-refractivity contribution in [2.45, 2.75) is 18.4 Å². The van der Waals surface area contributed by atoms with Crippen LogP contribution in [0.1, 0.15) is 17.5 Å². The molecule has 1 fully saturated rings. The van der Waals surface area contributed by atoms with E-state index in [0.717, 1.165) is 16.0 Å². The highest BCUT2D eigenvalue weighted by atomic mass is 35.5. The summed E-state index contributed by atoms with van der Waals surface area (Å²) in [6.07, 6.45) is 2.69. The predicted molar refractivity (Wildman–Crippen MR) is 94.6 cm³/mol. The van der Waals surface area contributed by atoms with Crippen molar-refractivity contribution < 1.29 is 14.4 Å². The highest BCUT2D eigenvalue weighted by Gasteiger charge is 2.55. The number of carbonyl (C=O) groups excluding carboxylic acids is 3. The quantitative estimate of drug-likeness (QED) is 0.639. The number of carbonyl (C=O) groups is 3. The number of hydrogen-bond donors (Lipinski definition) is 2. The summed E-state index contributed by atoms with van der Waals surface area (Å²) in [6.45, 7) is -0.389.